The molecule has 0 fully saturated rings. The SMILES string of the molecule is Cc1cccc(C)c1C(C(=O)Nc1ccc2ccccc2c1)N(C(=O)C(CCC(N)=O)NC(=O)OC(C)(C)C)C(C)C. The lowest BCUT2D eigenvalue weighted by atomic mass is 9.92. The maximum atomic E-state index is 14.3. The zero-order valence-electron chi connectivity index (χ0n) is 25.5. The number of nitrogens with one attached hydrogen (secondary N) is 2. The summed E-state index contributed by atoms with van der Waals surface area (Å²) >= 11 is 0. The molecule has 0 saturated carbocycles. The zero-order valence-corrected chi connectivity index (χ0v) is 25.5. The molecule has 3 aromatic carbocycles. The molecule has 0 aliphatic heterocycles. The molecule has 0 spiro atoms. The molecule has 4 N–H and O–H groups in total. The van der Waals surface area contributed by atoms with Crippen molar-refractivity contribution in [1.29, 1.82) is 0 Å². The van der Waals surface area contributed by atoms with Gasteiger partial charge in [-0.2, -0.15) is 0 Å². The molecule has 9 heteroatoms. The van der Waals surface area contributed by atoms with E-state index < -0.39 is 47.5 Å². The molecule has 4 amide bonds. The Morgan fingerprint density at radius 3 is 2.10 bits per heavy atom. The van der Waals surface area contributed by atoms with Crippen LogP contribution >= 0.6 is 0 Å². The molecule has 9 nitrogen and oxygen atoms in total. The van der Waals surface area contributed by atoms with Crippen molar-refractivity contribution in [3.8, 4) is 0 Å². The fourth-order valence-corrected chi connectivity index (χ4v) is 4.99. The van der Waals surface area contributed by atoms with Crippen molar-refractivity contribution >= 4 is 40.3 Å². The minimum Gasteiger partial charge on any atom is -0.444 e. The molecule has 0 radical (unpaired) electrons. The van der Waals surface area contributed by atoms with Crippen LogP contribution in [0.15, 0.2) is 60.7 Å². The maximum Gasteiger partial charge on any atom is 0.408 e. The summed E-state index contributed by atoms with van der Waals surface area (Å²) in [5, 5.41) is 7.63. The third kappa shape index (κ3) is 8.31. The van der Waals surface area contributed by atoms with E-state index in [1.807, 2.05) is 74.5 Å². The fourth-order valence-electron chi connectivity index (χ4n) is 4.99. The lowest BCUT2D eigenvalue weighted by molar-refractivity contribution is -0.143. The molecule has 2 unspecified atom stereocenters. The second-order valence-corrected chi connectivity index (χ2v) is 11.8. The van der Waals surface area contributed by atoms with Gasteiger partial charge in [-0.05, 0) is 94.5 Å². The number of carbonyl (C=O) groups excluding carboxylic acids is 4. The number of fused-ring (bicyclic) bond motifs is 1. The number of primary amides is 1. The highest BCUT2D eigenvalue weighted by molar-refractivity contribution is 6.01. The van der Waals surface area contributed by atoms with Crippen LogP contribution in [0.2, 0.25) is 0 Å². The number of hydrogen-bond acceptors (Lipinski definition) is 5. The van der Waals surface area contributed by atoms with Gasteiger partial charge in [-0.1, -0.05) is 48.5 Å². The summed E-state index contributed by atoms with van der Waals surface area (Å²) in [7, 11) is 0. The molecule has 0 aromatic heterocycles. The molecule has 3 rings (SSSR count). The second kappa shape index (κ2) is 13.5. The van der Waals surface area contributed by atoms with E-state index in [9.17, 15) is 19.2 Å². The Kier molecular flexibility index (Phi) is 10.3. The minimum absolute atomic E-state index is 0.0532. The van der Waals surface area contributed by atoms with Crippen molar-refractivity contribution < 1.29 is 23.9 Å². The molecular formula is C33H42N4O5. The van der Waals surface area contributed by atoms with Crippen LogP contribution < -0.4 is 16.4 Å². The highest BCUT2D eigenvalue weighted by Crippen LogP contribution is 2.32. The van der Waals surface area contributed by atoms with E-state index in [1.54, 1.807) is 34.6 Å². The molecule has 0 bridgehead atoms. The Labute approximate surface area is 247 Å². The van der Waals surface area contributed by atoms with Crippen LogP contribution in [-0.2, 0) is 19.1 Å². The van der Waals surface area contributed by atoms with Crippen molar-refractivity contribution in [2.75, 3.05) is 5.32 Å². The van der Waals surface area contributed by atoms with E-state index in [0.29, 0.717) is 11.3 Å². The van der Waals surface area contributed by atoms with Crippen LogP contribution in [0, 0.1) is 13.8 Å². The van der Waals surface area contributed by atoms with Gasteiger partial charge < -0.3 is 26.0 Å². The Balaban J connectivity index is 2.07. The maximum absolute atomic E-state index is 14.3. The van der Waals surface area contributed by atoms with Gasteiger partial charge in [0, 0.05) is 18.2 Å². The number of anilines is 1. The summed E-state index contributed by atoms with van der Waals surface area (Å²) in [6.07, 6.45) is -1.00. The molecular weight excluding hydrogens is 532 g/mol. The van der Waals surface area contributed by atoms with E-state index >= 15 is 0 Å². The van der Waals surface area contributed by atoms with E-state index in [1.165, 1.54) is 4.90 Å². The average molecular weight is 575 g/mol. The number of rotatable bonds is 10. The van der Waals surface area contributed by atoms with Crippen LogP contribution in [0.5, 0.6) is 0 Å². The van der Waals surface area contributed by atoms with Crippen LogP contribution in [0.25, 0.3) is 10.8 Å². The summed E-state index contributed by atoms with van der Waals surface area (Å²) in [4.78, 5) is 54.4. The Morgan fingerprint density at radius 1 is 0.905 bits per heavy atom. The van der Waals surface area contributed by atoms with Gasteiger partial charge in [0.15, 0.2) is 0 Å². The normalized spacial score (nSPS) is 12.9. The third-order valence-electron chi connectivity index (χ3n) is 6.84. The first kappa shape index (κ1) is 32.1. The van der Waals surface area contributed by atoms with Gasteiger partial charge in [0.2, 0.25) is 11.8 Å². The van der Waals surface area contributed by atoms with Gasteiger partial charge in [0.05, 0.1) is 0 Å². The standard InChI is InChI=1S/C33H42N4O5/c1-20(2)37(31(40)26(17-18-27(34)38)36-32(41)42-33(5,6)7)29(28-21(3)11-10-12-22(28)4)30(39)35-25-16-15-23-13-8-9-14-24(23)19-25/h8-16,19-20,26,29H,17-18H2,1-7H3,(H2,34,38)(H,35,39)(H,36,41). The zero-order chi connectivity index (χ0) is 31.2. The van der Waals surface area contributed by atoms with Gasteiger partial charge in [-0.3, -0.25) is 14.4 Å². The monoisotopic (exact) mass is 574 g/mol. The van der Waals surface area contributed by atoms with Gasteiger partial charge in [-0.15, -0.1) is 0 Å². The highest BCUT2D eigenvalue weighted by atomic mass is 16.6. The van der Waals surface area contributed by atoms with E-state index in [4.69, 9.17) is 10.5 Å². The largest absolute Gasteiger partial charge is 0.444 e. The van der Waals surface area contributed by atoms with Crippen LogP contribution in [-0.4, -0.2) is 46.4 Å². The average Bonchev–Trinajstić information content (AvgIpc) is 2.88. The summed E-state index contributed by atoms with van der Waals surface area (Å²) in [5.41, 5.74) is 7.53. The van der Waals surface area contributed by atoms with Gasteiger partial charge in [0.25, 0.3) is 5.91 Å². The van der Waals surface area contributed by atoms with Crippen molar-refractivity contribution in [3.05, 3.63) is 77.4 Å². The van der Waals surface area contributed by atoms with Crippen LogP contribution in [0.1, 0.15) is 70.2 Å². The molecule has 3 aromatic rings. The number of alkyl carbamates (subject to hydrolysis) is 1. The molecule has 0 aliphatic rings. The van der Waals surface area contributed by atoms with E-state index in [2.05, 4.69) is 10.6 Å². The number of aryl methyl sites for hydroxylation is 2. The number of nitrogens with zero attached hydrogens (tertiary/aromatic N) is 1. The van der Waals surface area contributed by atoms with Gasteiger partial charge >= 0.3 is 6.09 Å². The first-order valence-corrected chi connectivity index (χ1v) is 14.1. The minimum atomic E-state index is -1.16. The number of ether oxygens (including phenoxy) is 1. The lowest BCUT2D eigenvalue weighted by Gasteiger charge is -2.38. The highest BCUT2D eigenvalue weighted by Gasteiger charge is 2.39. The number of benzene rings is 3. The fraction of sp³-hybridized carbons (Fsp3) is 0.394. The van der Waals surface area contributed by atoms with E-state index in [0.717, 1.165) is 21.9 Å². The molecule has 0 heterocycles. The molecule has 224 valence electrons. The summed E-state index contributed by atoms with van der Waals surface area (Å²) in [6, 6.07) is 16.5. The van der Waals surface area contributed by atoms with Crippen molar-refractivity contribution in [3.63, 3.8) is 0 Å². The second-order valence-electron chi connectivity index (χ2n) is 11.8. The van der Waals surface area contributed by atoms with Gasteiger partial charge in [-0.25, -0.2) is 4.79 Å². The quantitative estimate of drug-likeness (QED) is 0.293. The topological polar surface area (TPSA) is 131 Å². The van der Waals surface area contributed by atoms with Crippen molar-refractivity contribution in [2.24, 2.45) is 5.73 Å². The molecule has 0 aliphatic carbocycles. The van der Waals surface area contributed by atoms with Crippen molar-refractivity contribution in [1.82, 2.24) is 10.2 Å². The van der Waals surface area contributed by atoms with E-state index in [-0.39, 0.29) is 12.8 Å². The van der Waals surface area contributed by atoms with Crippen LogP contribution in [0.4, 0.5) is 10.5 Å². The first-order valence-electron chi connectivity index (χ1n) is 14.1. The Hall–Kier alpha value is -4.40. The number of nitrogens with two attached hydrogens (primary N) is 1. The Morgan fingerprint density at radius 2 is 1.52 bits per heavy atom. The summed E-state index contributed by atoms with van der Waals surface area (Å²) in [5.74, 6) is -1.55. The lowest BCUT2D eigenvalue weighted by Crippen LogP contribution is -2.54. The van der Waals surface area contributed by atoms with Crippen LogP contribution in [0.3, 0.4) is 0 Å². The summed E-state index contributed by atoms with van der Waals surface area (Å²) < 4.78 is 5.39. The number of hydrogen-bond donors (Lipinski definition) is 3. The van der Waals surface area contributed by atoms with Gasteiger partial charge in [0.1, 0.15) is 17.7 Å². The number of carbonyl (C=O) groups is 4. The first-order chi connectivity index (χ1) is 19.7. The molecule has 42 heavy (non-hydrogen) atoms. The predicted octanol–water partition coefficient (Wildman–Crippen LogP) is 5.53. The Bertz CT molecular complexity index is 1440. The summed E-state index contributed by atoms with van der Waals surface area (Å²) in [6.45, 7) is 12.5. The smallest absolute Gasteiger partial charge is 0.408 e. The third-order valence-corrected chi connectivity index (χ3v) is 6.84. The predicted molar refractivity (Wildman–Crippen MR) is 165 cm³/mol. The molecule has 0 saturated heterocycles. The number of amides is 4. The molecule has 2 atom stereocenters. The van der Waals surface area contributed by atoms with Crippen molar-refractivity contribution in [2.45, 2.75) is 85.0 Å².